The molecule has 1 atom stereocenters. The number of amides is 1. The van der Waals surface area contributed by atoms with Crippen LogP contribution in [0.15, 0.2) is 58.6 Å². The molecule has 3 rings (SSSR count). The molecule has 154 valence electrons. The first kappa shape index (κ1) is 20.9. The van der Waals surface area contributed by atoms with Crippen molar-refractivity contribution >= 4 is 27.3 Å². The summed E-state index contributed by atoms with van der Waals surface area (Å²) >= 11 is 0. The van der Waals surface area contributed by atoms with Gasteiger partial charge in [-0.3, -0.25) is 4.79 Å². The second kappa shape index (κ2) is 8.71. The van der Waals surface area contributed by atoms with E-state index in [4.69, 9.17) is 4.84 Å². The van der Waals surface area contributed by atoms with Crippen LogP contribution in [0.5, 0.6) is 0 Å². The minimum absolute atomic E-state index is 0.100. The minimum atomic E-state index is -3.63. The van der Waals surface area contributed by atoms with Crippen LogP contribution in [0, 0.1) is 5.82 Å². The van der Waals surface area contributed by atoms with E-state index in [0.717, 1.165) is 0 Å². The van der Waals surface area contributed by atoms with Gasteiger partial charge in [-0.15, -0.1) is 0 Å². The Kier molecular flexibility index (Phi) is 6.29. The highest BCUT2D eigenvalue weighted by atomic mass is 32.2. The van der Waals surface area contributed by atoms with E-state index in [2.05, 4.69) is 10.5 Å². The zero-order valence-corrected chi connectivity index (χ0v) is 16.9. The van der Waals surface area contributed by atoms with Gasteiger partial charge < -0.3 is 10.2 Å². The van der Waals surface area contributed by atoms with Crippen molar-refractivity contribution in [2.45, 2.75) is 31.3 Å². The van der Waals surface area contributed by atoms with Crippen molar-refractivity contribution in [2.75, 3.05) is 18.4 Å². The van der Waals surface area contributed by atoms with Gasteiger partial charge in [0.05, 0.1) is 10.6 Å². The predicted octanol–water partition coefficient (Wildman–Crippen LogP) is 2.99. The summed E-state index contributed by atoms with van der Waals surface area (Å²) in [6.45, 7) is 4.23. The van der Waals surface area contributed by atoms with E-state index in [1.54, 1.807) is 38.1 Å². The van der Waals surface area contributed by atoms with Crippen LogP contribution in [-0.4, -0.2) is 43.5 Å². The number of sulfonamides is 1. The SMILES string of the molecule is CCN(CC)S(=O)(=O)c1cccc(NC(=O)[C@@H]2CC(c3cccc(F)c3)=NO2)c1. The summed E-state index contributed by atoms with van der Waals surface area (Å²) < 4.78 is 40.0. The molecule has 0 fully saturated rings. The van der Waals surface area contributed by atoms with Crippen molar-refractivity contribution in [3.05, 3.63) is 59.9 Å². The number of oxime groups is 1. The highest BCUT2D eigenvalue weighted by Gasteiger charge is 2.29. The fraction of sp³-hybridized carbons (Fsp3) is 0.300. The first-order valence-corrected chi connectivity index (χ1v) is 10.7. The summed E-state index contributed by atoms with van der Waals surface area (Å²) in [6, 6.07) is 12.0. The molecule has 2 aromatic carbocycles. The molecular weight excluding hydrogens is 397 g/mol. The van der Waals surface area contributed by atoms with Crippen molar-refractivity contribution in [1.29, 1.82) is 0 Å². The van der Waals surface area contributed by atoms with Crippen LogP contribution in [0.25, 0.3) is 0 Å². The Bertz CT molecular complexity index is 1040. The lowest BCUT2D eigenvalue weighted by atomic mass is 10.0. The number of benzene rings is 2. The highest BCUT2D eigenvalue weighted by Crippen LogP contribution is 2.22. The molecule has 1 amide bonds. The Morgan fingerprint density at radius 3 is 2.62 bits per heavy atom. The molecule has 0 spiro atoms. The Morgan fingerprint density at radius 2 is 1.93 bits per heavy atom. The number of halogens is 1. The zero-order valence-electron chi connectivity index (χ0n) is 16.1. The monoisotopic (exact) mass is 419 g/mol. The smallest absolute Gasteiger partial charge is 0.268 e. The molecule has 0 radical (unpaired) electrons. The van der Waals surface area contributed by atoms with Crippen LogP contribution >= 0.6 is 0 Å². The average Bonchev–Trinajstić information content (AvgIpc) is 3.19. The summed E-state index contributed by atoms with van der Waals surface area (Å²) in [4.78, 5) is 17.8. The molecular formula is C20H22FN3O4S. The van der Waals surface area contributed by atoms with Gasteiger partial charge in [0.15, 0.2) is 0 Å². The fourth-order valence-electron chi connectivity index (χ4n) is 3.03. The third kappa shape index (κ3) is 4.63. The van der Waals surface area contributed by atoms with Crippen LogP contribution in [-0.2, 0) is 19.7 Å². The van der Waals surface area contributed by atoms with Crippen LogP contribution < -0.4 is 5.32 Å². The molecule has 1 aliphatic heterocycles. The van der Waals surface area contributed by atoms with Gasteiger partial charge in [0.25, 0.3) is 5.91 Å². The first-order valence-electron chi connectivity index (χ1n) is 9.24. The summed E-state index contributed by atoms with van der Waals surface area (Å²) in [7, 11) is -3.63. The molecule has 2 aromatic rings. The number of hydrogen-bond acceptors (Lipinski definition) is 5. The van der Waals surface area contributed by atoms with Gasteiger partial charge >= 0.3 is 0 Å². The topological polar surface area (TPSA) is 88.1 Å². The normalized spacial score (nSPS) is 16.4. The van der Waals surface area contributed by atoms with Gasteiger partial charge in [0, 0.05) is 30.8 Å². The quantitative estimate of drug-likeness (QED) is 0.747. The number of nitrogens with zero attached hydrogens (tertiary/aromatic N) is 2. The molecule has 0 bridgehead atoms. The van der Waals surface area contributed by atoms with Crippen molar-refractivity contribution in [3.8, 4) is 0 Å². The van der Waals surface area contributed by atoms with E-state index in [0.29, 0.717) is 30.1 Å². The van der Waals surface area contributed by atoms with E-state index in [9.17, 15) is 17.6 Å². The molecule has 1 aliphatic rings. The summed E-state index contributed by atoms with van der Waals surface area (Å²) in [6.07, 6.45) is -0.691. The Hall–Kier alpha value is -2.78. The van der Waals surface area contributed by atoms with Crippen LogP contribution in [0.1, 0.15) is 25.8 Å². The molecule has 0 unspecified atom stereocenters. The Balaban J connectivity index is 1.69. The maximum absolute atomic E-state index is 13.4. The molecule has 1 N–H and O–H groups in total. The number of carbonyl (C=O) groups is 1. The molecule has 0 saturated heterocycles. The van der Waals surface area contributed by atoms with Crippen molar-refractivity contribution in [2.24, 2.45) is 5.16 Å². The third-order valence-corrected chi connectivity index (χ3v) is 6.61. The first-order chi connectivity index (χ1) is 13.8. The van der Waals surface area contributed by atoms with Crippen LogP contribution in [0.3, 0.4) is 0 Å². The number of anilines is 1. The fourth-order valence-corrected chi connectivity index (χ4v) is 4.53. The van der Waals surface area contributed by atoms with Crippen LogP contribution in [0.2, 0.25) is 0 Å². The van der Waals surface area contributed by atoms with Gasteiger partial charge in [-0.2, -0.15) is 4.31 Å². The molecule has 0 aliphatic carbocycles. The second-order valence-corrected chi connectivity index (χ2v) is 8.39. The predicted molar refractivity (Wildman–Crippen MR) is 108 cm³/mol. The van der Waals surface area contributed by atoms with Crippen LogP contribution in [0.4, 0.5) is 10.1 Å². The number of hydrogen-bond donors (Lipinski definition) is 1. The lowest BCUT2D eigenvalue weighted by molar-refractivity contribution is -0.125. The molecule has 7 nitrogen and oxygen atoms in total. The average molecular weight is 419 g/mol. The van der Waals surface area contributed by atoms with E-state index in [-0.39, 0.29) is 11.3 Å². The zero-order chi connectivity index (χ0) is 21.0. The largest absolute Gasteiger partial charge is 0.382 e. The summed E-state index contributed by atoms with van der Waals surface area (Å²) in [5, 5.41) is 6.54. The molecule has 9 heteroatoms. The van der Waals surface area contributed by atoms with Crippen molar-refractivity contribution < 1.29 is 22.4 Å². The number of rotatable bonds is 7. The van der Waals surface area contributed by atoms with Gasteiger partial charge in [-0.05, 0) is 30.3 Å². The maximum Gasteiger partial charge on any atom is 0.268 e. The van der Waals surface area contributed by atoms with E-state index >= 15 is 0 Å². The van der Waals surface area contributed by atoms with Gasteiger partial charge in [0.1, 0.15) is 5.82 Å². The molecule has 0 saturated carbocycles. The van der Waals surface area contributed by atoms with Gasteiger partial charge in [0.2, 0.25) is 16.1 Å². The van der Waals surface area contributed by atoms with E-state index in [1.165, 1.54) is 28.6 Å². The van der Waals surface area contributed by atoms with Gasteiger partial charge in [-0.25, -0.2) is 12.8 Å². The highest BCUT2D eigenvalue weighted by molar-refractivity contribution is 7.89. The molecule has 0 aromatic heterocycles. The van der Waals surface area contributed by atoms with Crippen molar-refractivity contribution in [3.63, 3.8) is 0 Å². The van der Waals surface area contributed by atoms with E-state index in [1.807, 2.05) is 0 Å². The molecule has 29 heavy (non-hydrogen) atoms. The standard InChI is InChI=1S/C20H22FN3O4S/c1-3-24(4-2)29(26,27)17-10-6-9-16(12-17)22-20(25)19-13-18(23-28-19)14-7-5-8-15(21)11-14/h5-12,19H,3-4,13H2,1-2H3,(H,22,25)/t19-/m0/s1. The van der Waals surface area contributed by atoms with Crippen molar-refractivity contribution in [1.82, 2.24) is 4.31 Å². The minimum Gasteiger partial charge on any atom is -0.382 e. The summed E-state index contributed by atoms with van der Waals surface area (Å²) in [5.41, 5.74) is 1.36. The Morgan fingerprint density at radius 1 is 1.21 bits per heavy atom. The molecule has 1 heterocycles. The lowest BCUT2D eigenvalue weighted by Crippen LogP contribution is -2.31. The second-order valence-electron chi connectivity index (χ2n) is 6.45. The maximum atomic E-state index is 13.4. The summed E-state index contributed by atoms with van der Waals surface area (Å²) in [5.74, 6) is -0.859. The van der Waals surface area contributed by atoms with E-state index < -0.39 is 27.9 Å². The van der Waals surface area contributed by atoms with Gasteiger partial charge in [-0.1, -0.05) is 37.2 Å². The lowest BCUT2D eigenvalue weighted by Gasteiger charge is -2.19. The number of carbonyl (C=O) groups excluding carboxylic acids is 1. The number of nitrogens with one attached hydrogen (secondary N) is 1. The third-order valence-electron chi connectivity index (χ3n) is 4.56. The Labute approximate surface area is 169 Å².